The Morgan fingerprint density at radius 1 is 1.04 bits per heavy atom. The molecule has 0 heterocycles. The fourth-order valence-corrected chi connectivity index (χ4v) is 4.02. The maximum absolute atomic E-state index is 11.3. The summed E-state index contributed by atoms with van der Waals surface area (Å²) in [6.07, 6.45) is 5.46. The summed E-state index contributed by atoms with van der Waals surface area (Å²) in [6, 6.07) is 20.9. The predicted molar refractivity (Wildman–Crippen MR) is 113 cm³/mol. The van der Waals surface area contributed by atoms with Crippen molar-refractivity contribution in [3.63, 3.8) is 0 Å². The highest BCUT2D eigenvalue weighted by atomic mass is 16.5. The lowest BCUT2D eigenvalue weighted by molar-refractivity contribution is -0.141. The van der Waals surface area contributed by atoms with E-state index in [1.54, 1.807) is 6.92 Å². The quantitative estimate of drug-likeness (QED) is 0.568. The fourth-order valence-electron chi connectivity index (χ4n) is 4.02. The molecule has 1 saturated carbocycles. The van der Waals surface area contributed by atoms with Crippen LogP contribution in [0.1, 0.15) is 38.2 Å². The molecule has 3 nitrogen and oxygen atoms in total. The minimum absolute atomic E-state index is 0.281. The second-order valence-corrected chi connectivity index (χ2v) is 7.86. The minimum Gasteiger partial charge on any atom is -0.490 e. The Morgan fingerprint density at radius 3 is 2.54 bits per heavy atom. The molecule has 0 aromatic heterocycles. The second kappa shape index (κ2) is 8.05. The molecule has 1 atom stereocenters. The highest BCUT2D eigenvalue weighted by molar-refractivity contribution is 5.88. The molecule has 0 amide bonds. The minimum atomic E-state index is -0.765. The van der Waals surface area contributed by atoms with E-state index in [1.165, 1.54) is 23.6 Å². The van der Waals surface area contributed by atoms with Crippen molar-refractivity contribution in [1.82, 2.24) is 0 Å². The van der Waals surface area contributed by atoms with E-state index in [4.69, 9.17) is 4.74 Å². The summed E-state index contributed by atoms with van der Waals surface area (Å²) in [7, 11) is 0. The van der Waals surface area contributed by atoms with Gasteiger partial charge in [-0.1, -0.05) is 49.4 Å². The first-order valence-corrected chi connectivity index (χ1v) is 10.1. The van der Waals surface area contributed by atoms with E-state index in [2.05, 4.69) is 36.4 Å². The van der Waals surface area contributed by atoms with Gasteiger partial charge in [-0.25, -0.2) is 0 Å². The third kappa shape index (κ3) is 4.04. The maximum Gasteiger partial charge on any atom is 0.306 e. The van der Waals surface area contributed by atoms with Gasteiger partial charge in [-0.05, 0) is 72.2 Å². The molecule has 4 rings (SSSR count). The normalized spacial score (nSPS) is 15.6. The number of rotatable bonds is 6. The van der Waals surface area contributed by atoms with Crippen molar-refractivity contribution in [2.24, 2.45) is 5.92 Å². The molecule has 3 heteroatoms. The van der Waals surface area contributed by atoms with Crippen molar-refractivity contribution >= 4 is 16.7 Å². The number of aliphatic carboxylic acids is 1. The molecular formula is C25H26O3. The summed E-state index contributed by atoms with van der Waals surface area (Å²) >= 11 is 0. The summed E-state index contributed by atoms with van der Waals surface area (Å²) in [5, 5.41) is 11.7. The lowest BCUT2D eigenvalue weighted by Gasteiger charge is -2.18. The van der Waals surface area contributed by atoms with Crippen LogP contribution >= 0.6 is 0 Å². The van der Waals surface area contributed by atoms with E-state index in [0.29, 0.717) is 6.42 Å². The van der Waals surface area contributed by atoms with E-state index in [-0.39, 0.29) is 6.10 Å². The van der Waals surface area contributed by atoms with E-state index in [0.717, 1.165) is 35.3 Å². The Bertz CT molecular complexity index is 986. The van der Waals surface area contributed by atoms with Crippen LogP contribution in [0.4, 0.5) is 0 Å². The van der Waals surface area contributed by atoms with Crippen LogP contribution in [-0.2, 0) is 11.2 Å². The molecule has 0 bridgehead atoms. The number of ether oxygens (including phenoxy) is 1. The Labute approximate surface area is 166 Å². The average Bonchev–Trinajstić information content (AvgIpc) is 3.21. The van der Waals surface area contributed by atoms with E-state index in [1.807, 2.05) is 24.3 Å². The largest absolute Gasteiger partial charge is 0.490 e. The molecule has 28 heavy (non-hydrogen) atoms. The molecule has 1 N–H and O–H groups in total. The van der Waals surface area contributed by atoms with Crippen LogP contribution in [-0.4, -0.2) is 17.2 Å². The Balaban J connectivity index is 1.74. The van der Waals surface area contributed by atoms with Crippen LogP contribution in [0.15, 0.2) is 60.7 Å². The van der Waals surface area contributed by atoms with Crippen LogP contribution in [0.5, 0.6) is 5.75 Å². The number of hydrogen-bond acceptors (Lipinski definition) is 2. The van der Waals surface area contributed by atoms with Crippen LogP contribution in [0.2, 0.25) is 0 Å². The summed E-state index contributed by atoms with van der Waals surface area (Å²) in [5.74, 6) is -0.279. The highest BCUT2D eigenvalue weighted by Gasteiger charge is 2.20. The number of fused-ring (bicyclic) bond motifs is 1. The third-order valence-corrected chi connectivity index (χ3v) is 5.66. The van der Waals surface area contributed by atoms with Gasteiger partial charge in [0.2, 0.25) is 0 Å². The standard InChI is InChI=1S/C25H26O3/c1-17(25(26)27)14-18-10-13-24(28-22-8-4-5-9-22)23(15-18)21-12-11-19-6-2-3-7-20(19)16-21/h2-3,6-7,10-13,15-17,22H,4-5,8-9,14H2,1H3,(H,26,27). The van der Waals surface area contributed by atoms with E-state index in [9.17, 15) is 9.90 Å². The molecule has 1 aliphatic rings. The molecular weight excluding hydrogens is 348 g/mol. The van der Waals surface area contributed by atoms with Gasteiger partial charge in [-0.15, -0.1) is 0 Å². The van der Waals surface area contributed by atoms with Gasteiger partial charge in [-0.3, -0.25) is 4.79 Å². The van der Waals surface area contributed by atoms with Crippen molar-refractivity contribution in [1.29, 1.82) is 0 Å². The first-order valence-electron chi connectivity index (χ1n) is 10.1. The Hall–Kier alpha value is -2.81. The number of carboxylic acids is 1. The summed E-state index contributed by atoms with van der Waals surface area (Å²) in [5.41, 5.74) is 3.18. The SMILES string of the molecule is CC(Cc1ccc(OC2CCCC2)c(-c2ccc3ccccc3c2)c1)C(=O)O. The Kier molecular flexibility index (Phi) is 5.34. The molecule has 3 aromatic rings. The number of carboxylic acid groups (broad SMARTS) is 1. The van der Waals surface area contributed by atoms with Gasteiger partial charge in [0.15, 0.2) is 0 Å². The van der Waals surface area contributed by atoms with E-state index < -0.39 is 11.9 Å². The van der Waals surface area contributed by atoms with Crippen LogP contribution < -0.4 is 4.74 Å². The fraction of sp³-hybridized carbons (Fsp3) is 0.320. The predicted octanol–water partition coefficient (Wildman–Crippen LogP) is 6.09. The molecule has 1 aliphatic carbocycles. The first-order chi connectivity index (χ1) is 13.6. The van der Waals surface area contributed by atoms with Gasteiger partial charge in [0.05, 0.1) is 12.0 Å². The summed E-state index contributed by atoms with van der Waals surface area (Å²) in [4.78, 5) is 11.3. The number of carbonyl (C=O) groups is 1. The number of benzene rings is 3. The average molecular weight is 374 g/mol. The van der Waals surface area contributed by atoms with Crippen LogP contribution in [0.3, 0.4) is 0 Å². The summed E-state index contributed by atoms with van der Waals surface area (Å²) < 4.78 is 6.36. The molecule has 0 spiro atoms. The lowest BCUT2D eigenvalue weighted by atomic mass is 9.95. The first kappa shape index (κ1) is 18.5. The maximum atomic E-state index is 11.3. The van der Waals surface area contributed by atoms with Crippen LogP contribution in [0.25, 0.3) is 21.9 Å². The Morgan fingerprint density at radius 2 is 1.79 bits per heavy atom. The molecule has 3 aromatic carbocycles. The summed E-state index contributed by atoms with van der Waals surface area (Å²) in [6.45, 7) is 1.75. The van der Waals surface area contributed by atoms with E-state index >= 15 is 0 Å². The van der Waals surface area contributed by atoms with Crippen molar-refractivity contribution in [3.05, 3.63) is 66.2 Å². The smallest absolute Gasteiger partial charge is 0.306 e. The highest BCUT2D eigenvalue weighted by Crippen LogP contribution is 2.36. The molecule has 1 unspecified atom stereocenters. The van der Waals surface area contributed by atoms with Crippen molar-refractivity contribution in [3.8, 4) is 16.9 Å². The van der Waals surface area contributed by atoms with Gasteiger partial charge in [0, 0.05) is 5.56 Å². The van der Waals surface area contributed by atoms with Gasteiger partial charge in [0.25, 0.3) is 0 Å². The monoisotopic (exact) mass is 374 g/mol. The zero-order valence-corrected chi connectivity index (χ0v) is 16.2. The van der Waals surface area contributed by atoms with Crippen molar-refractivity contribution in [2.45, 2.75) is 45.1 Å². The topological polar surface area (TPSA) is 46.5 Å². The van der Waals surface area contributed by atoms with Gasteiger partial charge in [-0.2, -0.15) is 0 Å². The molecule has 0 saturated heterocycles. The second-order valence-electron chi connectivity index (χ2n) is 7.86. The van der Waals surface area contributed by atoms with Gasteiger partial charge >= 0.3 is 5.97 Å². The van der Waals surface area contributed by atoms with Gasteiger partial charge < -0.3 is 9.84 Å². The molecule has 144 valence electrons. The van der Waals surface area contributed by atoms with Gasteiger partial charge in [0.1, 0.15) is 5.75 Å². The van der Waals surface area contributed by atoms with Crippen molar-refractivity contribution in [2.75, 3.05) is 0 Å². The zero-order valence-electron chi connectivity index (χ0n) is 16.2. The molecule has 0 aliphatic heterocycles. The lowest BCUT2D eigenvalue weighted by Crippen LogP contribution is -2.13. The number of hydrogen-bond donors (Lipinski definition) is 1. The zero-order chi connectivity index (χ0) is 19.5. The molecule has 0 radical (unpaired) electrons. The molecule has 1 fully saturated rings. The van der Waals surface area contributed by atoms with Crippen molar-refractivity contribution < 1.29 is 14.6 Å². The van der Waals surface area contributed by atoms with Crippen LogP contribution in [0, 0.1) is 5.92 Å². The third-order valence-electron chi connectivity index (χ3n) is 5.66.